The van der Waals surface area contributed by atoms with E-state index in [2.05, 4.69) is 0 Å². The second-order valence-corrected chi connectivity index (χ2v) is 3.13. The van der Waals surface area contributed by atoms with E-state index in [1.165, 1.54) is 4.88 Å². The maximum atomic E-state index is 9.01. The highest BCUT2D eigenvalue weighted by atomic mass is 79.9. The number of hydrogen-bond donors (Lipinski definition) is 1. The first-order chi connectivity index (χ1) is 4.20. The normalized spacial score (nSPS) is 12.3. The molecule has 1 heterocycles. The number of nitrogens with zero attached hydrogens (tertiary/aromatic N) is 1. The predicted molar refractivity (Wildman–Crippen MR) is 36.2 cm³/mol. The van der Waals surface area contributed by atoms with Crippen molar-refractivity contribution in [3.8, 4) is 0 Å². The third-order valence-corrected chi connectivity index (χ3v) is 1.95. The van der Waals surface area contributed by atoms with Crippen LogP contribution in [-0.4, -0.2) is 5.11 Å². The monoisotopic (exact) mass is 223 g/mol. The van der Waals surface area contributed by atoms with Crippen molar-refractivity contribution in [2.45, 2.75) is 20.1 Å². The lowest BCUT2D eigenvalue weighted by Crippen LogP contribution is -3.00. The van der Waals surface area contributed by atoms with Crippen LogP contribution in [0.25, 0.3) is 0 Å². The molecule has 0 radical (unpaired) electrons. The highest BCUT2D eigenvalue weighted by Crippen LogP contribution is 2.02. The van der Waals surface area contributed by atoms with Gasteiger partial charge in [-0.2, -0.15) is 4.57 Å². The number of halogens is 1. The van der Waals surface area contributed by atoms with Crippen LogP contribution in [0.4, 0.5) is 0 Å². The Morgan fingerprint density at radius 1 is 1.70 bits per heavy atom. The molecule has 0 amide bonds. The van der Waals surface area contributed by atoms with E-state index in [0.717, 1.165) is 0 Å². The zero-order chi connectivity index (χ0) is 6.85. The predicted octanol–water partition coefficient (Wildman–Crippen LogP) is -2.14. The molecule has 0 aromatic carbocycles. The summed E-state index contributed by atoms with van der Waals surface area (Å²) < 4.78 is 1.78. The van der Waals surface area contributed by atoms with Gasteiger partial charge in [-0.1, -0.05) is 11.3 Å². The fraction of sp³-hybridized carbons (Fsp3) is 0.500. The third-order valence-electron chi connectivity index (χ3n) is 1.12. The van der Waals surface area contributed by atoms with Crippen molar-refractivity contribution < 1.29 is 26.7 Å². The molecule has 0 aliphatic carbocycles. The van der Waals surface area contributed by atoms with Gasteiger partial charge in [0.05, 0.1) is 4.88 Å². The molecule has 1 aromatic heterocycles. The van der Waals surface area contributed by atoms with E-state index >= 15 is 0 Å². The first-order valence-electron chi connectivity index (χ1n) is 2.84. The molecule has 1 unspecified atom stereocenters. The van der Waals surface area contributed by atoms with Crippen molar-refractivity contribution >= 4 is 11.3 Å². The summed E-state index contributed by atoms with van der Waals surface area (Å²) >= 11 is 1.64. The van der Waals surface area contributed by atoms with Crippen LogP contribution in [0.15, 0.2) is 11.7 Å². The Kier molecular flexibility index (Phi) is 4.08. The lowest BCUT2D eigenvalue weighted by Gasteiger charge is -1.90. The second kappa shape index (κ2) is 4.05. The Hall–Kier alpha value is 0.0700. The number of aromatic nitrogens is 1. The van der Waals surface area contributed by atoms with Gasteiger partial charge in [0.25, 0.3) is 6.23 Å². The minimum Gasteiger partial charge on any atom is -1.00 e. The lowest BCUT2D eigenvalue weighted by atomic mass is 10.6. The molecule has 0 saturated heterocycles. The Labute approximate surface area is 74.9 Å². The van der Waals surface area contributed by atoms with Gasteiger partial charge in [-0.05, 0) is 6.92 Å². The number of aliphatic hydroxyl groups excluding tert-OH is 1. The highest BCUT2D eigenvalue weighted by molar-refractivity contribution is 7.09. The number of aliphatic hydroxyl groups is 1. The second-order valence-electron chi connectivity index (χ2n) is 2.04. The molecule has 58 valence electrons. The van der Waals surface area contributed by atoms with E-state index in [9.17, 15) is 0 Å². The minimum atomic E-state index is -0.394. The summed E-state index contributed by atoms with van der Waals surface area (Å²) in [6.45, 7) is 3.76. The molecule has 0 aliphatic heterocycles. The SMILES string of the molecule is Cc1c[n+](C(C)O)cs1.[Br-]. The molecule has 1 atom stereocenters. The van der Waals surface area contributed by atoms with Gasteiger partial charge < -0.3 is 22.1 Å². The standard InChI is InChI=1S/C6H10NOS.BrH/c1-5-3-7(4-9-5)6(2)8;/h3-4,6,8H,1-2H3;1H/q+1;/p-1. The number of hydrogen-bond acceptors (Lipinski definition) is 2. The summed E-state index contributed by atoms with van der Waals surface area (Å²) in [6.07, 6.45) is 1.53. The summed E-state index contributed by atoms with van der Waals surface area (Å²) in [4.78, 5) is 1.22. The Morgan fingerprint density at radius 2 is 2.30 bits per heavy atom. The topological polar surface area (TPSA) is 24.1 Å². The van der Waals surface area contributed by atoms with Crippen LogP contribution in [-0.2, 0) is 0 Å². The van der Waals surface area contributed by atoms with Crippen LogP contribution in [0.2, 0.25) is 0 Å². The molecular weight excluding hydrogens is 214 g/mol. The lowest BCUT2D eigenvalue weighted by molar-refractivity contribution is -0.751. The molecule has 1 aromatic rings. The third kappa shape index (κ3) is 2.36. The van der Waals surface area contributed by atoms with Gasteiger partial charge in [0.2, 0.25) is 5.51 Å². The maximum Gasteiger partial charge on any atom is 0.257 e. The zero-order valence-electron chi connectivity index (χ0n) is 5.91. The summed E-state index contributed by atoms with van der Waals surface area (Å²) in [5, 5.41) is 9.01. The van der Waals surface area contributed by atoms with Crippen LogP contribution >= 0.6 is 11.3 Å². The Morgan fingerprint density at radius 3 is 2.50 bits per heavy atom. The first kappa shape index (κ1) is 10.1. The molecule has 10 heavy (non-hydrogen) atoms. The van der Waals surface area contributed by atoms with Gasteiger partial charge in [-0.3, -0.25) is 0 Å². The van der Waals surface area contributed by atoms with Crippen molar-refractivity contribution in [1.82, 2.24) is 0 Å². The molecule has 4 heteroatoms. The average molecular weight is 224 g/mol. The van der Waals surface area contributed by atoms with Crippen molar-refractivity contribution in [3.63, 3.8) is 0 Å². The Bertz CT molecular complexity index is 199. The van der Waals surface area contributed by atoms with Crippen LogP contribution in [0.1, 0.15) is 18.0 Å². The molecular formula is C6H10BrNOS. The highest BCUT2D eigenvalue weighted by Gasteiger charge is 2.07. The number of thiazole rings is 1. The molecule has 0 bridgehead atoms. The average Bonchev–Trinajstić information content (AvgIpc) is 2.14. The van der Waals surface area contributed by atoms with Crippen molar-refractivity contribution in [1.29, 1.82) is 0 Å². The van der Waals surface area contributed by atoms with E-state index in [1.807, 2.05) is 18.6 Å². The minimum absolute atomic E-state index is 0. The Balaban J connectivity index is 0.000000810. The largest absolute Gasteiger partial charge is 1.00 e. The van der Waals surface area contributed by atoms with Gasteiger partial charge in [0.15, 0.2) is 6.20 Å². The first-order valence-corrected chi connectivity index (χ1v) is 3.72. The van der Waals surface area contributed by atoms with Gasteiger partial charge in [0, 0.05) is 6.92 Å². The van der Waals surface area contributed by atoms with Crippen molar-refractivity contribution in [3.05, 3.63) is 16.6 Å². The van der Waals surface area contributed by atoms with Gasteiger partial charge >= 0.3 is 0 Å². The molecule has 0 saturated carbocycles. The van der Waals surface area contributed by atoms with E-state index in [1.54, 1.807) is 22.8 Å². The van der Waals surface area contributed by atoms with Crippen LogP contribution < -0.4 is 21.5 Å². The van der Waals surface area contributed by atoms with E-state index < -0.39 is 6.23 Å². The number of aryl methyl sites for hydroxylation is 1. The summed E-state index contributed by atoms with van der Waals surface area (Å²) in [7, 11) is 0. The molecule has 1 N–H and O–H groups in total. The zero-order valence-corrected chi connectivity index (χ0v) is 8.32. The van der Waals surface area contributed by atoms with E-state index in [-0.39, 0.29) is 17.0 Å². The van der Waals surface area contributed by atoms with Crippen molar-refractivity contribution in [2.75, 3.05) is 0 Å². The maximum absolute atomic E-state index is 9.01. The van der Waals surface area contributed by atoms with Gasteiger partial charge in [-0.15, -0.1) is 0 Å². The van der Waals surface area contributed by atoms with Crippen LogP contribution in [0.3, 0.4) is 0 Å². The smallest absolute Gasteiger partial charge is 0.257 e. The fourth-order valence-electron chi connectivity index (χ4n) is 0.611. The molecule has 0 fully saturated rings. The summed E-state index contributed by atoms with van der Waals surface area (Å²) in [6, 6.07) is 0. The molecule has 1 rings (SSSR count). The van der Waals surface area contributed by atoms with Gasteiger partial charge in [0.1, 0.15) is 0 Å². The van der Waals surface area contributed by atoms with Crippen LogP contribution in [0, 0.1) is 6.92 Å². The van der Waals surface area contributed by atoms with Crippen LogP contribution in [0.5, 0.6) is 0 Å². The number of rotatable bonds is 1. The van der Waals surface area contributed by atoms with Crippen molar-refractivity contribution in [2.24, 2.45) is 0 Å². The fourth-order valence-corrected chi connectivity index (χ4v) is 1.32. The van der Waals surface area contributed by atoms with E-state index in [0.29, 0.717) is 0 Å². The molecule has 0 aliphatic rings. The van der Waals surface area contributed by atoms with E-state index in [4.69, 9.17) is 5.11 Å². The summed E-state index contributed by atoms with van der Waals surface area (Å²) in [5.41, 5.74) is 1.90. The van der Waals surface area contributed by atoms with Gasteiger partial charge in [-0.25, -0.2) is 0 Å². The molecule has 0 spiro atoms. The quantitative estimate of drug-likeness (QED) is 0.541. The summed E-state index contributed by atoms with van der Waals surface area (Å²) in [5.74, 6) is 0. The molecule has 2 nitrogen and oxygen atoms in total.